The average molecular weight is 459 g/mol. The monoisotopic (exact) mass is 457 g/mol. The van der Waals surface area contributed by atoms with Gasteiger partial charge in [0.25, 0.3) is 0 Å². The number of hydrogen-bond donors (Lipinski definition) is 0. The van der Waals surface area contributed by atoms with Crippen molar-refractivity contribution in [3.05, 3.63) is 51.3 Å². The van der Waals surface area contributed by atoms with Crippen LogP contribution in [0, 0.1) is 20.8 Å². The highest BCUT2D eigenvalue weighted by atomic mass is 79.9. The Balaban J connectivity index is 0.00000288. The van der Waals surface area contributed by atoms with Crippen LogP contribution < -0.4 is 31.0 Å². The van der Waals surface area contributed by atoms with E-state index in [1.54, 1.807) is 26.4 Å². The highest BCUT2D eigenvalue weighted by Crippen LogP contribution is 2.33. The molecule has 0 saturated carbocycles. The number of benzene rings is 1. The maximum atomic E-state index is 12.7. The van der Waals surface area contributed by atoms with Crippen LogP contribution >= 0.6 is 15.9 Å². The van der Waals surface area contributed by atoms with Gasteiger partial charge in [-0.25, -0.2) is 0 Å². The van der Waals surface area contributed by atoms with Crippen LogP contribution in [0.4, 0.5) is 0 Å². The summed E-state index contributed by atoms with van der Waals surface area (Å²) in [4.78, 5) is 12.7. The zero-order valence-corrected chi connectivity index (χ0v) is 17.6. The number of halogens is 2. The van der Waals surface area contributed by atoms with E-state index in [-0.39, 0.29) is 29.3 Å². The van der Waals surface area contributed by atoms with Crippen molar-refractivity contribution in [3.63, 3.8) is 0 Å². The average Bonchev–Trinajstić information content (AvgIpc) is 2.51. The second-order valence-electron chi connectivity index (χ2n) is 5.52. The van der Waals surface area contributed by atoms with E-state index in [0.29, 0.717) is 21.5 Å². The molecular weight excluding hydrogens is 438 g/mol. The lowest BCUT2D eigenvalue weighted by Crippen LogP contribution is -3.00. The number of hydrogen-bond acceptors (Lipinski definition) is 3. The van der Waals surface area contributed by atoms with Gasteiger partial charge in [-0.3, -0.25) is 4.79 Å². The molecule has 130 valence electrons. The van der Waals surface area contributed by atoms with Crippen LogP contribution in [0.15, 0.2) is 28.9 Å². The molecule has 0 aliphatic carbocycles. The quantitative estimate of drug-likeness (QED) is 0.485. The van der Waals surface area contributed by atoms with Crippen molar-refractivity contribution in [1.29, 1.82) is 0 Å². The van der Waals surface area contributed by atoms with Crippen molar-refractivity contribution in [2.24, 2.45) is 0 Å². The van der Waals surface area contributed by atoms with Gasteiger partial charge in [0, 0.05) is 28.1 Å². The van der Waals surface area contributed by atoms with Gasteiger partial charge in [-0.15, -0.1) is 0 Å². The van der Waals surface area contributed by atoms with E-state index in [1.807, 2.05) is 24.6 Å². The van der Waals surface area contributed by atoms with Gasteiger partial charge in [0.1, 0.15) is 0 Å². The molecule has 0 aliphatic heterocycles. The van der Waals surface area contributed by atoms with Gasteiger partial charge in [-0.1, -0.05) is 0 Å². The predicted molar refractivity (Wildman–Crippen MR) is 92.4 cm³/mol. The van der Waals surface area contributed by atoms with Crippen molar-refractivity contribution in [2.75, 3.05) is 14.2 Å². The Kier molecular flexibility index (Phi) is 7.42. The number of aromatic nitrogens is 1. The number of rotatable bonds is 5. The van der Waals surface area contributed by atoms with Crippen LogP contribution in [0.5, 0.6) is 11.5 Å². The Labute approximate surface area is 161 Å². The molecule has 0 aliphatic rings. The molecule has 1 aromatic carbocycles. The van der Waals surface area contributed by atoms with E-state index in [2.05, 4.69) is 28.9 Å². The number of ether oxygens (including phenoxy) is 2. The van der Waals surface area contributed by atoms with Gasteiger partial charge >= 0.3 is 0 Å². The number of aryl methyl sites for hydroxylation is 2. The SMILES string of the molecule is COc1cc(Br)c(C(=O)C[n+]2cc(C)cc(C)c2C)cc1OC.[Br-]. The van der Waals surface area contributed by atoms with Crippen molar-refractivity contribution in [1.82, 2.24) is 0 Å². The molecule has 0 fully saturated rings. The van der Waals surface area contributed by atoms with E-state index in [9.17, 15) is 4.79 Å². The smallest absolute Gasteiger partial charge is 0.228 e. The number of carbonyl (C=O) groups is 1. The number of ketones is 1. The summed E-state index contributed by atoms with van der Waals surface area (Å²) in [6.07, 6.45) is 1.99. The van der Waals surface area contributed by atoms with E-state index in [0.717, 1.165) is 11.3 Å². The lowest BCUT2D eigenvalue weighted by atomic mass is 10.1. The Morgan fingerprint density at radius 3 is 2.25 bits per heavy atom. The summed E-state index contributed by atoms with van der Waals surface area (Å²) in [7, 11) is 3.13. The number of Topliss-reactive ketones (excluding diaryl/α,β-unsaturated/α-hetero) is 1. The van der Waals surface area contributed by atoms with E-state index in [1.165, 1.54) is 5.56 Å². The Morgan fingerprint density at radius 1 is 1.08 bits per heavy atom. The molecule has 0 unspecified atom stereocenters. The van der Waals surface area contributed by atoms with Crippen molar-refractivity contribution in [2.45, 2.75) is 27.3 Å². The van der Waals surface area contributed by atoms with Gasteiger partial charge in [0.15, 0.2) is 23.4 Å². The van der Waals surface area contributed by atoms with Crippen LogP contribution in [0.2, 0.25) is 0 Å². The summed E-state index contributed by atoms with van der Waals surface area (Å²) in [6.45, 7) is 6.38. The fourth-order valence-electron chi connectivity index (χ4n) is 2.52. The molecule has 0 saturated heterocycles. The molecule has 0 bridgehead atoms. The van der Waals surface area contributed by atoms with Crippen LogP contribution in [0.25, 0.3) is 0 Å². The van der Waals surface area contributed by atoms with Crippen LogP contribution in [-0.2, 0) is 6.54 Å². The van der Waals surface area contributed by atoms with Gasteiger partial charge in [0.05, 0.1) is 14.2 Å². The van der Waals surface area contributed by atoms with Crippen molar-refractivity contribution in [3.8, 4) is 11.5 Å². The Morgan fingerprint density at radius 2 is 1.67 bits per heavy atom. The molecule has 24 heavy (non-hydrogen) atoms. The summed E-state index contributed by atoms with van der Waals surface area (Å²) < 4.78 is 13.2. The summed E-state index contributed by atoms with van der Waals surface area (Å²) in [5.74, 6) is 1.14. The zero-order valence-electron chi connectivity index (χ0n) is 14.4. The fourth-order valence-corrected chi connectivity index (χ4v) is 3.07. The third-order valence-electron chi connectivity index (χ3n) is 3.89. The lowest BCUT2D eigenvalue weighted by Gasteiger charge is -2.11. The second kappa shape index (κ2) is 8.62. The van der Waals surface area contributed by atoms with Crippen molar-refractivity contribution < 1.29 is 35.8 Å². The standard InChI is InChI=1S/C18H21BrNO3.BrH/c1-11-6-12(2)13(3)20(9-11)10-16(21)14-7-17(22-4)18(23-5)8-15(14)19;/h6-9H,10H2,1-5H3;1H/q+1;/p-1. The normalized spacial score (nSPS) is 10.1. The number of nitrogens with zero attached hydrogens (tertiary/aromatic N) is 1. The van der Waals surface area contributed by atoms with E-state index < -0.39 is 0 Å². The summed E-state index contributed by atoms with van der Waals surface area (Å²) in [6, 6.07) is 5.58. The van der Waals surface area contributed by atoms with Gasteiger partial charge in [-0.2, -0.15) is 4.57 Å². The zero-order chi connectivity index (χ0) is 17.1. The highest BCUT2D eigenvalue weighted by Gasteiger charge is 2.21. The van der Waals surface area contributed by atoms with Crippen LogP contribution in [0.1, 0.15) is 27.2 Å². The topological polar surface area (TPSA) is 39.4 Å². The van der Waals surface area contributed by atoms with Gasteiger partial charge in [0.2, 0.25) is 12.3 Å². The molecule has 0 radical (unpaired) electrons. The Bertz CT molecular complexity index is 760. The lowest BCUT2D eigenvalue weighted by molar-refractivity contribution is -0.689. The summed E-state index contributed by atoms with van der Waals surface area (Å²) in [5.41, 5.74) is 3.96. The molecule has 4 nitrogen and oxygen atoms in total. The third-order valence-corrected chi connectivity index (χ3v) is 4.55. The minimum Gasteiger partial charge on any atom is -1.00 e. The minimum absolute atomic E-state index is 0. The van der Waals surface area contributed by atoms with Crippen molar-refractivity contribution >= 4 is 21.7 Å². The molecule has 2 rings (SSSR count). The maximum Gasteiger partial charge on any atom is 0.228 e. The number of pyridine rings is 1. The molecule has 0 spiro atoms. The molecule has 0 atom stereocenters. The summed E-state index contributed by atoms with van der Waals surface area (Å²) >= 11 is 3.45. The third kappa shape index (κ3) is 4.36. The van der Waals surface area contributed by atoms with E-state index >= 15 is 0 Å². The Hall–Kier alpha value is -1.40. The molecule has 1 aromatic heterocycles. The molecule has 2 aromatic rings. The number of methoxy groups -OCH3 is 2. The van der Waals surface area contributed by atoms with Gasteiger partial charge < -0.3 is 26.5 Å². The summed E-state index contributed by atoms with van der Waals surface area (Å²) in [5, 5.41) is 0. The first-order valence-electron chi connectivity index (χ1n) is 7.29. The first kappa shape index (κ1) is 20.6. The van der Waals surface area contributed by atoms with E-state index in [4.69, 9.17) is 9.47 Å². The first-order valence-corrected chi connectivity index (χ1v) is 8.08. The molecule has 0 N–H and O–H groups in total. The maximum absolute atomic E-state index is 12.7. The molecular formula is C18H21Br2NO3. The largest absolute Gasteiger partial charge is 1.00 e. The van der Waals surface area contributed by atoms with Crippen LogP contribution in [0.3, 0.4) is 0 Å². The van der Waals surface area contributed by atoms with Crippen LogP contribution in [-0.4, -0.2) is 20.0 Å². The molecule has 6 heteroatoms. The fraction of sp³-hybridized carbons (Fsp3) is 0.333. The minimum atomic E-state index is 0. The second-order valence-corrected chi connectivity index (χ2v) is 6.38. The predicted octanol–water partition coefficient (Wildman–Crippen LogP) is 0.566. The molecule has 1 heterocycles. The molecule has 0 amide bonds. The number of carbonyl (C=O) groups excluding carboxylic acids is 1. The highest BCUT2D eigenvalue weighted by molar-refractivity contribution is 9.10. The first-order chi connectivity index (χ1) is 10.9. The van der Waals surface area contributed by atoms with Gasteiger partial charge in [-0.05, 0) is 48.0 Å².